The van der Waals surface area contributed by atoms with Gasteiger partial charge in [-0.3, -0.25) is 19.2 Å². The molecule has 3 aromatic rings. The van der Waals surface area contributed by atoms with E-state index < -0.39 is 18.1 Å². The maximum Gasteiger partial charge on any atom is 0.270 e. The van der Waals surface area contributed by atoms with Crippen LogP contribution in [0.1, 0.15) is 60.9 Å². The summed E-state index contributed by atoms with van der Waals surface area (Å²) < 4.78 is 23.0. The number of carbonyl (C=O) groups excluding carboxylic acids is 4. The fourth-order valence-corrected chi connectivity index (χ4v) is 6.01. The standard InChI is InChI=1S/C32H34N4O8/c1-17-29-23(5-4-6-25(29)37)34-30(17)32(40)36-14-24-27(15-36)44-20-8-7-18(26(12-20)42-3)13-33-28(38)16-43-22-10-19(31(39)35-24)9-21(11-22)41-2/h7-12,24,27,34H,4-6,13-16H2,1-3H3,(H,33,38)(H,35,39)/t24-,27-/m0/s1. The number of carbonyl (C=O) groups is 4. The number of aryl methyl sites for hydroxylation is 1. The molecular weight excluding hydrogens is 568 g/mol. The number of H-pyrrole nitrogens is 1. The predicted octanol–water partition coefficient (Wildman–Crippen LogP) is 2.57. The average Bonchev–Trinajstić information content (AvgIpc) is 3.58. The molecule has 0 unspecified atom stereocenters. The van der Waals surface area contributed by atoms with E-state index in [0.717, 1.165) is 17.7 Å². The van der Waals surface area contributed by atoms with Crippen LogP contribution in [0.2, 0.25) is 0 Å². The zero-order valence-corrected chi connectivity index (χ0v) is 24.8. The molecule has 1 fully saturated rings. The first kappa shape index (κ1) is 29.1. The van der Waals surface area contributed by atoms with Gasteiger partial charge >= 0.3 is 0 Å². The summed E-state index contributed by atoms with van der Waals surface area (Å²) in [4.78, 5) is 57.3. The number of likely N-dealkylation sites (tertiary alicyclic amines) is 1. The SMILES string of the molecule is COc1cc2cc(c1)C(=O)N[C@H]1CN(C(=O)c3[nH]c4c(c3C)C(=O)CCC4)C[C@@H]1Oc1ccc(c(OC)c1)CNC(=O)CO2. The number of hydrogen-bond acceptors (Lipinski definition) is 8. The number of methoxy groups -OCH3 is 2. The number of Topliss-reactive ketones (excluding diaryl/α,β-unsaturated/α-hetero) is 1. The molecule has 0 saturated carbocycles. The van der Waals surface area contributed by atoms with E-state index >= 15 is 0 Å². The van der Waals surface area contributed by atoms with Gasteiger partial charge in [0.1, 0.15) is 34.8 Å². The molecule has 3 aliphatic heterocycles. The van der Waals surface area contributed by atoms with E-state index in [-0.39, 0.29) is 55.2 Å². The molecule has 4 bridgehead atoms. The number of ketones is 1. The van der Waals surface area contributed by atoms with Crippen molar-refractivity contribution in [3.05, 3.63) is 70.0 Å². The van der Waals surface area contributed by atoms with Crippen molar-refractivity contribution in [3.8, 4) is 23.0 Å². The van der Waals surface area contributed by atoms with Gasteiger partial charge in [-0.1, -0.05) is 0 Å². The molecule has 44 heavy (non-hydrogen) atoms. The lowest BCUT2D eigenvalue weighted by atomic mass is 9.94. The van der Waals surface area contributed by atoms with Crippen molar-refractivity contribution in [3.63, 3.8) is 0 Å². The van der Waals surface area contributed by atoms with Gasteiger partial charge in [0.15, 0.2) is 12.4 Å². The lowest BCUT2D eigenvalue weighted by Gasteiger charge is -2.22. The summed E-state index contributed by atoms with van der Waals surface area (Å²) in [6, 6.07) is 9.35. The first-order chi connectivity index (χ1) is 21.2. The summed E-state index contributed by atoms with van der Waals surface area (Å²) in [5, 5.41) is 5.83. The monoisotopic (exact) mass is 602 g/mol. The van der Waals surface area contributed by atoms with Gasteiger partial charge in [-0.2, -0.15) is 0 Å². The second-order valence-electron chi connectivity index (χ2n) is 11.1. The molecule has 3 amide bonds. The Morgan fingerprint density at radius 3 is 2.61 bits per heavy atom. The molecule has 1 saturated heterocycles. The van der Waals surface area contributed by atoms with Gasteiger partial charge < -0.3 is 39.5 Å². The summed E-state index contributed by atoms with van der Waals surface area (Å²) in [5.41, 5.74) is 3.43. The van der Waals surface area contributed by atoms with Crippen LogP contribution >= 0.6 is 0 Å². The number of fused-ring (bicyclic) bond motifs is 8. The zero-order valence-electron chi connectivity index (χ0n) is 24.8. The highest BCUT2D eigenvalue weighted by Gasteiger charge is 2.40. The van der Waals surface area contributed by atoms with Crippen LogP contribution in [-0.4, -0.2) is 79.5 Å². The Morgan fingerprint density at radius 1 is 1.00 bits per heavy atom. The minimum Gasteiger partial charge on any atom is -0.497 e. The van der Waals surface area contributed by atoms with E-state index in [2.05, 4.69) is 15.6 Å². The fraction of sp³-hybridized carbons (Fsp3) is 0.375. The van der Waals surface area contributed by atoms with Crippen molar-refractivity contribution < 1.29 is 38.1 Å². The number of nitrogens with zero attached hydrogens (tertiary/aromatic N) is 1. The van der Waals surface area contributed by atoms with Gasteiger partial charge in [-0.05, 0) is 49.6 Å². The third kappa shape index (κ3) is 5.67. The van der Waals surface area contributed by atoms with Crippen LogP contribution in [0.4, 0.5) is 0 Å². The number of nitrogens with one attached hydrogen (secondary N) is 3. The smallest absolute Gasteiger partial charge is 0.270 e. The molecule has 230 valence electrons. The summed E-state index contributed by atoms with van der Waals surface area (Å²) in [7, 11) is 3.00. The highest BCUT2D eigenvalue weighted by molar-refractivity contribution is 6.04. The van der Waals surface area contributed by atoms with E-state index in [4.69, 9.17) is 18.9 Å². The van der Waals surface area contributed by atoms with Gasteiger partial charge in [0.2, 0.25) is 0 Å². The molecule has 1 aliphatic carbocycles. The normalized spacial score (nSPS) is 20.0. The molecule has 0 spiro atoms. The van der Waals surface area contributed by atoms with Crippen LogP contribution in [0.3, 0.4) is 0 Å². The lowest BCUT2D eigenvalue weighted by molar-refractivity contribution is -0.123. The van der Waals surface area contributed by atoms with Crippen molar-refractivity contribution in [1.82, 2.24) is 20.5 Å². The number of aromatic nitrogens is 1. The van der Waals surface area contributed by atoms with Gasteiger partial charge in [0.25, 0.3) is 17.7 Å². The van der Waals surface area contributed by atoms with Crippen molar-refractivity contribution in [1.29, 1.82) is 0 Å². The summed E-state index contributed by atoms with van der Waals surface area (Å²) in [6.45, 7) is 2.08. The van der Waals surface area contributed by atoms with Crippen molar-refractivity contribution in [2.75, 3.05) is 33.9 Å². The van der Waals surface area contributed by atoms with Gasteiger partial charge in [-0.25, -0.2) is 0 Å². The van der Waals surface area contributed by atoms with E-state index in [9.17, 15) is 19.2 Å². The minimum atomic E-state index is -0.610. The topological polar surface area (TPSA) is 148 Å². The highest BCUT2D eigenvalue weighted by Crippen LogP contribution is 2.31. The molecular formula is C32H34N4O8. The quantitative estimate of drug-likeness (QED) is 0.415. The van der Waals surface area contributed by atoms with Gasteiger partial charge in [-0.15, -0.1) is 0 Å². The molecule has 0 radical (unpaired) electrons. The second-order valence-corrected chi connectivity index (χ2v) is 11.1. The first-order valence-corrected chi connectivity index (χ1v) is 14.5. The highest BCUT2D eigenvalue weighted by atomic mass is 16.5. The molecule has 3 N–H and O–H groups in total. The van der Waals surface area contributed by atoms with Crippen molar-refractivity contribution >= 4 is 23.5 Å². The molecule has 12 heteroatoms. The van der Waals surface area contributed by atoms with Crippen LogP contribution in [0.5, 0.6) is 23.0 Å². The van der Waals surface area contributed by atoms with Crippen molar-refractivity contribution in [2.24, 2.45) is 0 Å². The Labute approximate surface area is 254 Å². The number of hydrogen-bond donors (Lipinski definition) is 3. The van der Waals surface area contributed by atoms with Crippen LogP contribution in [0, 0.1) is 6.92 Å². The second kappa shape index (κ2) is 11.9. The molecule has 4 heterocycles. The number of aromatic amines is 1. The van der Waals surface area contributed by atoms with Crippen LogP contribution in [0.15, 0.2) is 36.4 Å². The number of amides is 3. The molecule has 1 aromatic heterocycles. The summed E-state index contributed by atoms with van der Waals surface area (Å²) in [5.74, 6) is 0.644. The summed E-state index contributed by atoms with van der Waals surface area (Å²) >= 11 is 0. The van der Waals surface area contributed by atoms with Crippen LogP contribution in [-0.2, 0) is 17.8 Å². The van der Waals surface area contributed by atoms with Gasteiger partial charge in [0, 0.05) is 54.0 Å². The predicted molar refractivity (Wildman–Crippen MR) is 158 cm³/mol. The molecule has 4 aliphatic rings. The van der Waals surface area contributed by atoms with Crippen LogP contribution in [0.25, 0.3) is 0 Å². The Morgan fingerprint density at radius 2 is 1.84 bits per heavy atom. The molecule has 2 aromatic carbocycles. The Bertz CT molecular complexity index is 1650. The van der Waals surface area contributed by atoms with Crippen LogP contribution < -0.4 is 29.6 Å². The Hall–Kier alpha value is -5.00. The summed E-state index contributed by atoms with van der Waals surface area (Å²) in [6.07, 6.45) is 1.33. The molecule has 12 nitrogen and oxygen atoms in total. The zero-order chi connectivity index (χ0) is 31.0. The third-order valence-electron chi connectivity index (χ3n) is 8.29. The number of rotatable bonds is 3. The molecule has 2 atom stereocenters. The average molecular weight is 603 g/mol. The van der Waals surface area contributed by atoms with E-state index in [1.165, 1.54) is 20.3 Å². The number of ether oxygens (including phenoxy) is 4. The van der Waals surface area contributed by atoms with Crippen molar-refractivity contribution in [2.45, 2.75) is 44.9 Å². The lowest BCUT2D eigenvalue weighted by Crippen LogP contribution is -2.45. The van der Waals surface area contributed by atoms with E-state index in [0.29, 0.717) is 46.9 Å². The maximum absolute atomic E-state index is 13.8. The largest absolute Gasteiger partial charge is 0.497 e. The fourth-order valence-electron chi connectivity index (χ4n) is 6.01. The third-order valence-corrected chi connectivity index (χ3v) is 8.29. The van der Waals surface area contributed by atoms with E-state index in [1.807, 2.05) is 0 Å². The first-order valence-electron chi connectivity index (χ1n) is 14.5. The minimum absolute atomic E-state index is 0.0464. The Kier molecular flexibility index (Phi) is 7.90. The Balaban J connectivity index is 1.33. The van der Waals surface area contributed by atoms with Gasteiger partial charge in [0.05, 0.1) is 26.8 Å². The molecule has 7 rings (SSSR count). The van der Waals surface area contributed by atoms with E-state index in [1.54, 1.807) is 42.2 Å². The number of benzene rings is 2. The maximum atomic E-state index is 13.8.